The third-order valence-electron chi connectivity index (χ3n) is 2.28. The molecular formula is C20H29NiO2P. The van der Waals surface area contributed by atoms with E-state index < -0.39 is 0 Å². The largest absolute Gasteiger partial charge is 2.00 e. The van der Waals surface area contributed by atoms with Gasteiger partial charge in [0.1, 0.15) is 0 Å². The second kappa shape index (κ2) is 20.3. The number of hydrogen-bond acceptors (Lipinski definition) is 2. The Morgan fingerprint density at radius 3 is 1.29 bits per heavy atom. The molecule has 0 aliphatic heterocycles. The Morgan fingerprint density at radius 2 is 1.00 bits per heavy atom. The van der Waals surface area contributed by atoms with Crippen molar-refractivity contribution >= 4 is 9.03 Å². The normalized spacial score (nSPS) is 8.83. The van der Waals surface area contributed by atoms with Crippen LogP contribution in [-0.2, 0) is 38.8 Å². The first kappa shape index (κ1) is 25.5. The van der Waals surface area contributed by atoms with Crippen LogP contribution in [-0.4, -0.2) is 0 Å². The van der Waals surface area contributed by atoms with Crippen molar-refractivity contribution in [2.75, 3.05) is 0 Å². The first-order valence-electron chi connectivity index (χ1n) is 7.93. The van der Waals surface area contributed by atoms with E-state index in [1.165, 1.54) is 11.1 Å². The molecule has 0 saturated heterocycles. The SMILES string of the molecule is [CH2-]CC.[CH2-]CC.[Ni+2].c1ccc(COPOCc2ccccc2)cc1. The molecule has 0 N–H and O–H groups in total. The second-order valence-electron chi connectivity index (χ2n) is 4.63. The van der Waals surface area contributed by atoms with Crippen molar-refractivity contribution in [3.63, 3.8) is 0 Å². The van der Waals surface area contributed by atoms with Gasteiger partial charge in [-0.1, -0.05) is 74.5 Å². The van der Waals surface area contributed by atoms with Crippen molar-refractivity contribution < 1.29 is 25.5 Å². The zero-order chi connectivity index (χ0) is 17.2. The molecule has 0 aliphatic carbocycles. The van der Waals surface area contributed by atoms with Gasteiger partial charge in [0.2, 0.25) is 0 Å². The van der Waals surface area contributed by atoms with Crippen LogP contribution in [0.1, 0.15) is 37.8 Å². The Hall–Kier alpha value is -0.716. The molecule has 2 rings (SSSR count). The molecule has 0 radical (unpaired) electrons. The van der Waals surface area contributed by atoms with Gasteiger partial charge in [0.15, 0.2) is 9.03 Å². The molecule has 0 unspecified atom stereocenters. The second-order valence-corrected chi connectivity index (χ2v) is 5.38. The number of benzene rings is 2. The van der Waals surface area contributed by atoms with Crippen LogP contribution >= 0.6 is 9.03 Å². The van der Waals surface area contributed by atoms with E-state index >= 15 is 0 Å². The summed E-state index contributed by atoms with van der Waals surface area (Å²) >= 11 is 0. The van der Waals surface area contributed by atoms with E-state index in [0.717, 1.165) is 12.8 Å². The topological polar surface area (TPSA) is 18.5 Å². The van der Waals surface area contributed by atoms with Crippen molar-refractivity contribution in [1.82, 2.24) is 0 Å². The monoisotopic (exact) mass is 390 g/mol. The molecule has 2 nitrogen and oxygen atoms in total. The van der Waals surface area contributed by atoms with Crippen LogP contribution in [0.15, 0.2) is 60.7 Å². The molecule has 0 bridgehead atoms. The zero-order valence-corrected chi connectivity index (χ0v) is 16.6. The Kier molecular flexibility index (Phi) is 21.6. The van der Waals surface area contributed by atoms with Crippen LogP contribution in [0.5, 0.6) is 0 Å². The molecule has 136 valence electrons. The van der Waals surface area contributed by atoms with Crippen molar-refractivity contribution in [2.24, 2.45) is 0 Å². The van der Waals surface area contributed by atoms with E-state index in [-0.39, 0.29) is 25.5 Å². The molecular weight excluding hydrogens is 362 g/mol. The number of rotatable bonds is 6. The number of hydrogen-bond donors (Lipinski definition) is 0. The fourth-order valence-electron chi connectivity index (χ4n) is 1.42. The van der Waals surface area contributed by atoms with Gasteiger partial charge in [0.05, 0.1) is 13.2 Å². The van der Waals surface area contributed by atoms with Crippen molar-refractivity contribution in [1.29, 1.82) is 0 Å². The summed E-state index contributed by atoms with van der Waals surface area (Å²) in [5.74, 6) is 0. The van der Waals surface area contributed by atoms with Crippen LogP contribution < -0.4 is 0 Å². The van der Waals surface area contributed by atoms with Gasteiger partial charge in [0.25, 0.3) is 0 Å². The van der Waals surface area contributed by atoms with E-state index in [2.05, 4.69) is 13.8 Å². The van der Waals surface area contributed by atoms with Gasteiger partial charge >= 0.3 is 16.5 Å². The van der Waals surface area contributed by atoms with Gasteiger partial charge < -0.3 is 22.9 Å². The van der Waals surface area contributed by atoms with E-state index in [4.69, 9.17) is 9.05 Å². The Labute approximate surface area is 160 Å². The van der Waals surface area contributed by atoms with Gasteiger partial charge in [-0.05, 0) is 11.1 Å². The van der Waals surface area contributed by atoms with Crippen LogP contribution in [0.4, 0.5) is 0 Å². The summed E-state index contributed by atoms with van der Waals surface area (Å²) in [6, 6.07) is 20.2. The molecule has 0 aromatic heterocycles. The van der Waals surface area contributed by atoms with Crippen LogP contribution in [0, 0.1) is 13.8 Å². The quantitative estimate of drug-likeness (QED) is 0.246. The summed E-state index contributed by atoms with van der Waals surface area (Å²) in [5, 5.41) is 0. The summed E-state index contributed by atoms with van der Waals surface area (Å²) in [4.78, 5) is 0. The standard InChI is InChI=1S/C14H15O2P.2C3H7.Ni/c1-3-7-13(8-4-1)11-15-17-16-12-14-9-5-2-6-10-14;2*1-3-2;/h1-10,17H,11-12H2;2*1,3H2,2H3;/q;2*-1;+2. The van der Waals surface area contributed by atoms with E-state index in [1.54, 1.807) is 0 Å². The van der Waals surface area contributed by atoms with Gasteiger partial charge in [-0.3, -0.25) is 0 Å². The van der Waals surface area contributed by atoms with Gasteiger partial charge in [-0.15, -0.1) is 0 Å². The van der Waals surface area contributed by atoms with Crippen molar-refractivity contribution in [2.45, 2.75) is 39.9 Å². The predicted octanol–water partition coefficient (Wildman–Crippen LogP) is 6.39. The van der Waals surface area contributed by atoms with Gasteiger partial charge in [0, 0.05) is 0 Å². The average molecular weight is 391 g/mol. The minimum atomic E-state index is 0. The predicted molar refractivity (Wildman–Crippen MR) is 102 cm³/mol. The van der Waals surface area contributed by atoms with Gasteiger partial charge in [-0.2, -0.15) is 12.8 Å². The third-order valence-corrected chi connectivity index (χ3v) is 2.81. The van der Waals surface area contributed by atoms with Crippen LogP contribution in [0.3, 0.4) is 0 Å². The van der Waals surface area contributed by atoms with Crippen LogP contribution in [0.25, 0.3) is 0 Å². The maximum atomic E-state index is 5.45. The average Bonchev–Trinajstić information content (AvgIpc) is 2.58. The maximum absolute atomic E-state index is 5.45. The molecule has 0 heterocycles. The summed E-state index contributed by atoms with van der Waals surface area (Å²) in [5.41, 5.74) is 2.34. The molecule has 0 saturated carbocycles. The molecule has 2 aromatic rings. The summed E-state index contributed by atoms with van der Waals surface area (Å²) < 4.78 is 10.9. The zero-order valence-electron chi connectivity index (χ0n) is 14.6. The summed E-state index contributed by atoms with van der Waals surface area (Å²) in [6.45, 7) is 12.2. The molecule has 0 atom stereocenters. The fraction of sp³-hybridized carbons (Fsp3) is 0.300. The summed E-state index contributed by atoms with van der Waals surface area (Å²) in [6.07, 6.45) is 2.00. The van der Waals surface area contributed by atoms with Crippen molar-refractivity contribution in [3.8, 4) is 0 Å². The smallest absolute Gasteiger partial charge is 0.344 e. The molecule has 24 heavy (non-hydrogen) atoms. The Bertz CT molecular complexity index is 408. The van der Waals surface area contributed by atoms with Crippen LogP contribution in [0.2, 0.25) is 0 Å². The third kappa shape index (κ3) is 16.2. The van der Waals surface area contributed by atoms with E-state index in [1.807, 2.05) is 74.5 Å². The van der Waals surface area contributed by atoms with E-state index in [0.29, 0.717) is 13.2 Å². The summed E-state index contributed by atoms with van der Waals surface area (Å²) in [7, 11) is 0.0833. The van der Waals surface area contributed by atoms with Gasteiger partial charge in [-0.25, -0.2) is 0 Å². The Balaban J connectivity index is 0. The Morgan fingerprint density at radius 1 is 0.708 bits per heavy atom. The maximum Gasteiger partial charge on any atom is 2.00 e. The van der Waals surface area contributed by atoms with E-state index in [9.17, 15) is 0 Å². The first-order chi connectivity index (χ1) is 11.3. The molecule has 2 aromatic carbocycles. The fourth-order valence-corrected chi connectivity index (χ4v) is 1.95. The minimum Gasteiger partial charge on any atom is -0.344 e. The molecule has 4 heteroatoms. The molecule has 0 amide bonds. The molecule has 0 aliphatic rings. The van der Waals surface area contributed by atoms with Crippen molar-refractivity contribution in [3.05, 3.63) is 85.6 Å². The minimum absolute atomic E-state index is 0. The molecule has 0 fully saturated rings. The first-order valence-corrected chi connectivity index (χ1v) is 8.74. The molecule has 0 spiro atoms.